The van der Waals surface area contributed by atoms with E-state index in [2.05, 4.69) is 22.1 Å². The van der Waals surface area contributed by atoms with Gasteiger partial charge in [-0.05, 0) is 42.5 Å². The number of amides is 1. The fourth-order valence-electron chi connectivity index (χ4n) is 2.52. The van der Waals surface area contributed by atoms with Gasteiger partial charge in [0, 0.05) is 35.1 Å². The van der Waals surface area contributed by atoms with Gasteiger partial charge in [-0.3, -0.25) is 4.79 Å². The van der Waals surface area contributed by atoms with Crippen molar-refractivity contribution in [2.75, 3.05) is 11.9 Å². The number of carbonyl (C=O) groups is 1. The minimum Gasteiger partial charge on any atom is -0.384 e. The Morgan fingerprint density at radius 3 is 3.15 bits per heavy atom. The average Bonchev–Trinajstić information content (AvgIpc) is 3.07. The van der Waals surface area contributed by atoms with Gasteiger partial charge in [0.15, 0.2) is 0 Å². The third-order valence-electron chi connectivity index (χ3n) is 3.55. The van der Waals surface area contributed by atoms with Crippen LogP contribution in [0.1, 0.15) is 27.7 Å². The molecule has 0 bridgehead atoms. The summed E-state index contributed by atoms with van der Waals surface area (Å²) in [6.07, 6.45) is 1.93. The van der Waals surface area contributed by atoms with Crippen LogP contribution in [0.25, 0.3) is 0 Å². The minimum absolute atomic E-state index is 0.00514. The summed E-state index contributed by atoms with van der Waals surface area (Å²) in [4.78, 5) is 13.5. The van der Waals surface area contributed by atoms with E-state index in [0.717, 1.165) is 30.6 Å². The molecule has 1 aliphatic rings. The van der Waals surface area contributed by atoms with Crippen LogP contribution in [0.5, 0.6) is 0 Å². The van der Waals surface area contributed by atoms with Crippen LogP contribution in [0.2, 0.25) is 0 Å². The van der Waals surface area contributed by atoms with Gasteiger partial charge in [-0.25, -0.2) is 0 Å². The van der Waals surface area contributed by atoms with Crippen LogP contribution in [-0.4, -0.2) is 18.5 Å². The van der Waals surface area contributed by atoms with E-state index >= 15 is 0 Å². The first kappa shape index (κ1) is 13.2. The highest BCUT2D eigenvalue weighted by atomic mass is 32.1. The molecule has 3 rings (SSSR count). The topological polar surface area (TPSA) is 41.1 Å². The van der Waals surface area contributed by atoms with Crippen molar-refractivity contribution in [1.29, 1.82) is 0 Å². The lowest BCUT2D eigenvalue weighted by Crippen LogP contribution is -2.33. The molecule has 0 aliphatic carbocycles. The van der Waals surface area contributed by atoms with Gasteiger partial charge in [0.25, 0.3) is 5.91 Å². The molecule has 2 heterocycles. The predicted octanol–water partition coefficient (Wildman–Crippen LogP) is 3.08. The van der Waals surface area contributed by atoms with Crippen LogP contribution in [0.3, 0.4) is 0 Å². The Morgan fingerprint density at radius 2 is 2.35 bits per heavy atom. The van der Waals surface area contributed by atoms with E-state index in [-0.39, 0.29) is 11.9 Å². The number of carbonyl (C=O) groups excluding carboxylic acids is 1. The summed E-state index contributed by atoms with van der Waals surface area (Å²) in [6, 6.07) is 10.2. The fourth-order valence-corrected chi connectivity index (χ4v) is 3.36. The van der Waals surface area contributed by atoms with Crippen LogP contribution in [-0.2, 0) is 12.8 Å². The van der Waals surface area contributed by atoms with Gasteiger partial charge < -0.3 is 10.6 Å². The number of hydrogen-bond acceptors (Lipinski definition) is 3. The van der Waals surface area contributed by atoms with Crippen molar-refractivity contribution in [3.05, 3.63) is 51.7 Å². The van der Waals surface area contributed by atoms with Crippen molar-refractivity contribution in [3.63, 3.8) is 0 Å². The summed E-state index contributed by atoms with van der Waals surface area (Å²) >= 11 is 1.73. The number of benzene rings is 1. The van der Waals surface area contributed by atoms with E-state index in [1.807, 2.05) is 31.2 Å². The van der Waals surface area contributed by atoms with Gasteiger partial charge in [0.2, 0.25) is 0 Å². The predicted molar refractivity (Wildman–Crippen MR) is 83.6 cm³/mol. The molecular formula is C16H18N2OS. The summed E-state index contributed by atoms with van der Waals surface area (Å²) in [5.41, 5.74) is 3.13. The highest BCUT2D eigenvalue weighted by Crippen LogP contribution is 2.23. The molecule has 0 radical (unpaired) electrons. The standard InChI is InChI=1S/C16H18N2OS/c1-11(9-14-3-2-8-20-14)18-16(19)13-5-4-12-6-7-17-15(12)10-13/h2-5,8,10-11,17H,6-7,9H2,1H3,(H,18,19). The summed E-state index contributed by atoms with van der Waals surface area (Å²) < 4.78 is 0. The second-order valence-electron chi connectivity index (χ2n) is 5.21. The summed E-state index contributed by atoms with van der Waals surface area (Å²) in [7, 11) is 0. The van der Waals surface area contributed by atoms with Crippen LogP contribution >= 0.6 is 11.3 Å². The highest BCUT2D eigenvalue weighted by molar-refractivity contribution is 7.09. The first-order valence-electron chi connectivity index (χ1n) is 6.92. The highest BCUT2D eigenvalue weighted by Gasteiger charge is 2.15. The molecule has 1 aromatic carbocycles. The minimum atomic E-state index is 0.00514. The molecule has 2 N–H and O–H groups in total. The molecule has 4 heteroatoms. The van der Waals surface area contributed by atoms with Crippen molar-refractivity contribution in [1.82, 2.24) is 5.32 Å². The van der Waals surface area contributed by atoms with E-state index < -0.39 is 0 Å². The molecule has 0 spiro atoms. The second-order valence-corrected chi connectivity index (χ2v) is 6.24. The average molecular weight is 286 g/mol. The number of nitrogens with one attached hydrogen (secondary N) is 2. The fraction of sp³-hybridized carbons (Fsp3) is 0.312. The third kappa shape index (κ3) is 2.85. The van der Waals surface area contributed by atoms with Crippen molar-refractivity contribution < 1.29 is 4.79 Å². The van der Waals surface area contributed by atoms with E-state index in [0.29, 0.717) is 0 Å². The second kappa shape index (κ2) is 5.67. The summed E-state index contributed by atoms with van der Waals surface area (Å²) in [5.74, 6) is 0.00514. The molecule has 1 atom stereocenters. The molecule has 0 fully saturated rings. The summed E-state index contributed by atoms with van der Waals surface area (Å²) in [5, 5.41) is 8.44. The first-order chi connectivity index (χ1) is 9.72. The molecule has 1 aliphatic heterocycles. The largest absolute Gasteiger partial charge is 0.384 e. The lowest BCUT2D eigenvalue weighted by molar-refractivity contribution is 0.0940. The lowest BCUT2D eigenvalue weighted by atomic mass is 10.1. The number of hydrogen-bond donors (Lipinski definition) is 2. The molecule has 1 amide bonds. The number of fused-ring (bicyclic) bond motifs is 1. The van der Waals surface area contributed by atoms with Gasteiger partial charge in [-0.2, -0.15) is 0 Å². The van der Waals surface area contributed by atoms with Crippen LogP contribution in [0.15, 0.2) is 35.7 Å². The smallest absolute Gasteiger partial charge is 0.251 e. The molecule has 2 aromatic rings. The number of thiophene rings is 1. The van der Waals surface area contributed by atoms with Crippen molar-refractivity contribution in [2.24, 2.45) is 0 Å². The van der Waals surface area contributed by atoms with Gasteiger partial charge >= 0.3 is 0 Å². The SMILES string of the molecule is CC(Cc1cccs1)NC(=O)c1ccc2c(c1)NCC2. The van der Waals surface area contributed by atoms with Crippen molar-refractivity contribution in [2.45, 2.75) is 25.8 Å². The van der Waals surface area contributed by atoms with E-state index in [1.54, 1.807) is 11.3 Å². The zero-order valence-corrected chi connectivity index (χ0v) is 12.3. The normalized spacial score (nSPS) is 14.4. The Hall–Kier alpha value is -1.81. The zero-order chi connectivity index (χ0) is 13.9. The van der Waals surface area contributed by atoms with Gasteiger partial charge in [-0.15, -0.1) is 11.3 Å². The van der Waals surface area contributed by atoms with Gasteiger partial charge in [0.05, 0.1) is 0 Å². The van der Waals surface area contributed by atoms with Crippen molar-refractivity contribution >= 4 is 22.9 Å². The van der Waals surface area contributed by atoms with Crippen LogP contribution in [0.4, 0.5) is 5.69 Å². The molecule has 1 aromatic heterocycles. The maximum absolute atomic E-state index is 12.2. The quantitative estimate of drug-likeness (QED) is 0.907. The maximum Gasteiger partial charge on any atom is 0.251 e. The molecule has 20 heavy (non-hydrogen) atoms. The zero-order valence-electron chi connectivity index (χ0n) is 11.5. The third-order valence-corrected chi connectivity index (χ3v) is 4.45. The Morgan fingerprint density at radius 1 is 1.45 bits per heavy atom. The summed E-state index contributed by atoms with van der Waals surface area (Å²) in [6.45, 7) is 3.01. The molecule has 104 valence electrons. The molecule has 0 saturated carbocycles. The Balaban J connectivity index is 1.64. The first-order valence-corrected chi connectivity index (χ1v) is 7.80. The Kier molecular flexibility index (Phi) is 3.74. The molecule has 0 saturated heterocycles. The molecule has 1 unspecified atom stereocenters. The van der Waals surface area contributed by atoms with Gasteiger partial charge in [0.1, 0.15) is 0 Å². The Bertz CT molecular complexity index is 607. The van der Waals surface area contributed by atoms with Gasteiger partial charge in [-0.1, -0.05) is 12.1 Å². The lowest BCUT2D eigenvalue weighted by Gasteiger charge is -2.13. The van der Waals surface area contributed by atoms with Crippen LogP contribution in [0, 0.1) is 0 Å². The van der Waals surface area contributed by atoms with Crippen molar-refractivity contribution in [3.8, 4) is 0 Å². The van der Waals surface area contributed by atoms with Crippen LogP contribution < -0.4 is 10.6 Å². The number of anilines is 1. The number of rotatable bonds is 4. The Labute approximate surface area is 123 Å². The monoisotopic (exact) mass is 286 g/mol. The van der Waals surface area contributed by atoms with E-state index in [4.69, 9.17) is 0 Å². The van der Waals surface area contributed by atoms with E-state index in [9.17, 15) is 4.79 Å². The molecular weight excluding hydrogens is 268 g/mol. The maximum atomic E-state index is 12.2. The molecule has 3 nitrogen and oxygen atoms in total. The van der Waals surface area contributed by atoms with E-state index in [1.165, 1.54) is 10.4 Å².